The molecule has 11 nitrogen and oxygen atoms in total. The van der Waals surface area contributed by atoms with Crippen LogP contribution in [-0.2, 0) is 29.2 Å². The lowest BCUT2D eigenvalue weighted by Gasteiger charge is -2.27. The van der Waals surface area contributed by atoms with Crippen molar-refractivity contribution in [3.05, 3.63) is 94.8 Å². The molecule has 2 aliphatic rings. The molecule has 0 saturated heterocycles. The summed E-state index contributed by atoms with van der Waals surface area (Å²) in [7, 11) is -2.66. The number of halogens is 3. The van der Waals surface area contributed by atoms with Crippen LogP contribution in [0.3, 0.4) is 0 Å². The molecule has 3 aromatic carbocycles. The van der Waals surface area contributed by atoms with Gasteiger partial charge in [-0.1, -0.05) is 6.07 Å². The van der Waals surface area contributed by atoms with Crippen molar-refractivity contribution in [2.75, 3.05) is 25.3 Å². The highest BCUT2D eigenvalue weighted by Gasteiger charge is 2.42. The predicted molar refractivity (Wildman–Crippen MR) is 149 cm³/mol. The molecule has 0 atom stereocenters. The molecule has 1 aromatic heterocycles. The van der Waals surface area contributed by atoms with E-state index in [2.05, 4.69) is 5.10 Å². The molecule has 0 bridgehead atoms. The number of aromatic carboxylic acids is 1. The molecule has 0 spiro atoms. The highest BCUT2D eigenvalue weighted by molar-refractivity contribution is 7.89. The lowest BCUT2D eigenvalue weighted by atomic mass is 10.1. The number of anilines is 1. The zero-order chi connectivity index (χ0) is 31.4. The number of benzene rings is 3. The monoisotopic (exact) mass is 628 g/mol. The molecule has 228 valence electrons. The van der Waals surface area contributed by atoms with Crippen molar-refractivity contribution >= 4 is 27.6 Å². The van der Waals surface area contributed by atoms with Gasteiger partial charge in [0.1, 0.15) is 0 Å². The first-order chi connectivity index (χ1) is 20.8. The topological polar surface area (TPSA) is 131 Å². The Balaban J connectivity index is 1.34. The number of alkyl halides is 3. The number of carbonyl (C=O) groups is 2. The number of ether oxygens (including phenoxy) is 2. The number of nitrogens with zero attached hydrogens (tertiary/aromatic N) is 4. The Morgan fingerprint density at radius 2 is 1.70 bits per heavy atom. The van der Waals surface area contributed by atoms with Gasteiger partial charge >= 0.3 is 12.1 Å². The standard InChI is InChI=1S/C29H23F3N4O7S/c1-34(19-7-10-24-25(14-19)43-16-42-24)27(37)18-3-2-4-20(13-18)36-23-15-35(12-11-22(23)26(33-36)29(30,31)32)44(40,41)21-8-5-17(6-9-21)28(38)39/h2-10,13-14H,11-12,15-16H2,1H3,(H,38,39). The van der Waals surface area contributed by atoms with Crippen molar-refractivity contribution in [2.24, 2.45) is 0 Å². The van der Waals surface area contributed by atoms with Crippen molar-refractivity contribution < 1.29 is 45.8 Å². The molecule has 0 fully saturated rings. The van der Waals surface area contributed by atoms with Gasteiger partial charge in [-0.15, -0.1) is 0 Å². The van der Waals surface area contributed by atoms with Crippen molar-refractivity contribution in [2.45, 2.75) is 24.0 Å². The van der Waals surface area contributed by atoms with Crippen LogP contribution in [0, 0.1) is 0 Å². The SMILES string of the molecule is CN(C(=O)c1cccc(-n2nc(C(F)(F)F)c3c2CN(S(=O)(=O)c2ccc(C(=O)O)cc2)CC3)c1)c1ccc2c(c1)OCO2. The maximum Gasteiger partial charge on any atom is 0.435 e. The molecule has 0 unspecified atom stereocenters. The molecule has 2 aliphatic heterocycles. The van der Waals surface area contributed by atoms with Crippen molar-refractivity contribution in [1.82, 2.24) is 14.1 Å². The van der Waals surface area contributed by atoms with Gasteiger partial charge in [0.15, 0.2) is 17.2 Å². The Morgan fingerprint density at radius 3 is 2.41 bits per heavy atom. The van der Waals surface area contributed by atoms with Crippen LogP contribution in [0.1, 0.15) is 37.7 Å². The van der Waals surface area contributed by atoms with Crippen LogP contribution < -0.4 is 14.4 Å². The van der Waals surface area contributed by atoms with E-state index in [1.165, 1.54) is 36.2 Å². The molecule has 6 rings (SSSR count). The fraction of sp³-hybridized carbons (Fsp3) is 0.207. The van der Waals surface area contributed by atoms with E-state index in [0.29, 0.717) is 17.2 Å². The minimum atomic E-state index is -4.81. The number of amides is 1. The smallest absolute Gasteiger partial charge is 0.435 e. The van der Waals surface area contributed by atoms with Crippen LogP contribution in [0.2, 0.25) is 0 Å². The number of fused-ring (bicyclic) bond motifs is 2. The molecule has 1 N–H and O–H groups in total. The van der Waals surface area contributed by atoms with Gasteiger partial charge in [-0.25, -0.2) is 17.9 Å². The average Bonchev–Trinajstić information content (AvgIpc) is 3.64. The van der Waals surface area contributed by atoms with Crippen LogP contribution in [0.5, 0.6) is 11.5 Å². The van der Waals surface area contributed by atoms with E-state index in [4.69, 9.17) is 14.6 Å². The Bertz CT molecular complexity index is 1910. The fourth-order valence-electron chi connectivity index (χ4n) is 5.13. The minimum Gasteiger partial charge on any atom is -0.478 e. The van der Waals surface area contributed by atoms with E-state index < -0.39 is 40.3 Å². The second kappa shape index (κ2) is 10.7. The highest BCUT2D eigenvalue weighted by atomic mass is 32.2. The van der Waals surface area contributed by atoms with E-state index in [9.17, 15) is 31.2 Å². The van der Waals surface area contributed by atoms with Crippen molar-refractivity contribution in [3.8, 4) is 17.2 Å². The van der Waals surface area contributed by atoms with Crippen molar-refractivity contribution in [1.29, 1.82) is 0 Å². The zero-order valence-corrected chi connectivity index (χ0v) is 23.7. The van der Waals surface area contributed by atoms with E-state index in [0.717, 1.165) is 33.3 Å². The van der Waals surface area contributed by atoms with Gasteiger partial charge < -0.3 is 19.5 Å². The Morgan fingerprint density at radius 1 is 0.977 bits per heavy atom. The number of carbonyl (C=O) groups excluding carboxylic acids is 1. The number of rotatable bonds is 6. The number of carboxylic acids is 1. The van der Waals surface area contributed by atoms with Crippen LogP contribution in [0.4, 0.5) is 18.9 Å². The zero-order valence-electron chi connectivity index (χ0n) is 22.9. The number of hydrogen-bond donors (Lipinski definition) is 1. The van der Waals surface area contributed by atoms with E-state index in [-0.39, 0.29) is 52.7 Å². The lowest BCUT2D eigenvalue weighted by molar-refractivity contribution is -0.142. The summed E-state index contributed by atoms with van der Waals surface area (Å²) in [6.07, 6.45) is -5.07. The Labute approximate surface area is 248 Å². The number of aromatic nitrogens is 2. The molecular weight excluding hydrogens is 605 g/mol. The van der Waals surface area contributed by atoms with E-state index in [1.54, 1.807) is 18.2 Å². The first kappa shape index (κ1) is 29.2. The quantitative estimate of drug-likeness (QED) is 0.334. The molecule has 0 radical (unpaired) electrons. The Kier molecular flexibility index (Phi) is 7.08. The molecule has 0 aliphatic carbocycles. The summed E-state index contributed by atoms with van der Waals surface area (Å²) in [6.45, 7) is -0.622. The fourth-order valence-corrected chi connectivity index (χ4v) is 6.54. The summed E-state index contributed by atoms with van der Waals surface area (Å²) >= 11 is 0. The van der Waals surface area contributed by atoms with Gasteiger partial charge in [0, 0.05) is 36.5 Å². The maximum atomic E-state index is 14.1. The molecule has 3 heterocycles. The number of hydrogen-bond acceptors (Lipinski definition) is 7. The predicted octanol–water partition coefficient (Wildman–Crippen LogP) is 4.34. The third-order valence-electron chi connectivity index (χ3n) is 7.42. The summed E-state index contributed by atoms with van der Waals surface area (Å²) in [4.78, 5) is 25.7. The van der Waals surface area contributed by atoms with Crippen LogP contribution in [-0.4, -0.2) is 59.9 Å². The Hall–Kier alpha value is -4.89. The second-order valence-corrected chi connectivity index (χ2v) is 12.0. The van der Waals surface area contributed by atoms with Crippen LogP contribution in [0.25, 0.3) is 5.69 Å². The van der Waals surface area contributed by atoms with Gasteiger partial charge in [0.05, 0.1) is 28.4 Å². The number of sulfonamides is 1. The molecular formula is C29H23F3N4O7S. The first-order valence-electron chi connectivity index (χ1n) is 13.1. The van der Waals surface area contributed by atoms with Crippen LogP contribution >= 0.6 is 0 Å². The molecule has 4 aromatic rings. The number of carboxylic acid groups (broad SMARTS) is 1. The van der Waals surface area contributed by atoms with Gasteiger partial charge in [-0.05, 0) is 61.0 Å². The summed E-state index contributed by atoms with van der Waals surface area (Å²) in [6, 6.07) is 15.4. The summed E-state index contributed by atoms with van der Waals surface area (Å²) in [5, 5.41) is 13.0. The van der Waals surface area contributed by atoms with Gasteiger partial charge in [-0.2, -0.15) is 22.6 Å². The van der Waals surface area contributed by atoms with Gasteiger partial charge in [0.2, 0.25) is 16.8 Å². The van der Waals surface area contributed by atoms with Crippen molar-refractivity contribution in [3.63, 3.8) is 0 Å². The summed E-state index contributed by atoms with van der Waals surface area (Å²) in [5.74, 6) is -0.690. The molecule has 15 heteroatoms. The lowest BCUT2D eigenvalue weighted by Crippen LogP contribution is -2.37. The largest absolute Gasteiger partial charge is 0.478 e. The summed E-state index contributed by atoms with van der Waals surface area (Å²) in [5.41, 5.74) is -0.605. The minimum absolute atomic E-state index is 0.00281. The normalized spacial score (nSPS) is 14.7. The highest BCUT2D eigenvalue weighted by Crippen LogP contribution is 2.38. The maximum absolute atomic E-state index is 14.1. The van der Waals surface area contributed by atoms with Gasteiger partial charge in [0.25, 0.3) is 5.91 Å². The summed E-state index contributed by atoms with van der Waals surface area (Å²) < 4.78 is 81.7. The van der Waals surface area contributed by atoms with E-state index in [1.807, 2.05) is 0 Å². The van der Waals surface area contributed by atoms with Crippen LogP contribution in [0.15, 0.2) is 71.6 Å². The van der Waals surface area contributed by atoms with Gasteiger partial charge in [-0.3, -0.25) is 4.79 Å². The third kappa shape index (κ3) is 5.13. The third-order valence-corrected chi connectivity index (χ3v) is 9.28. The first-order valence-corrected chi connectivity index (χ1v) is 14.6. The van der Waals surface area contributed by atoms with E-state index >= 15 is 0 Å². The second-order valence-electron chi connectivity index (χ2n) is 10.1. The average molecular weight is 629 g/mol. The molecule has 44 heavy (non-hydrogen) atoms. The molecule has 1 amide bonds. The molecule has 0 saturated carbocycles.